The molecule has 0 radical (unpaired) electrons. The van der Waals surface area contributed by atoms with E-state index in [0.717, 1.165) is 30.2 Å². The van der Waals surface area contributed by atoms with E-state index in [1.54, 1.807) is 17.6 Å². The third kappa shape index (κ3) is 6.16. The van der Waals surface area contributed by atoms with Crippen LogP contribution in [0.3, 0.4) is 0 Å². The molecule has 0 aliphatic rings. The van der Waals surface area contributed by atoms with Gasteiger partial charge in [-0.25, -0.2) is 10.4 Å². The zero-order valence-corrected chi connectivity index (χ0v) is 19.5. The number of thiazole rings is 1. The number of aromatic nitrogens is 1. The number of amides is 1. The smallest absolute Gasteiger partial charge is 0.250 e. The number of para-hydroxylation sites is 2. The normalized spacial score (nSPS) is 11.1. The van der Waals surface area contributed by atoms with Gasteiger partial charge in [0.15, 0.2) is 4.34 Å². The lowest BCUT2D eigenvalue weighted by atomic mass is 10.2. The topological polar surface area (TPSA) is 63.6 Å². The predicted molar refractivity (Wildman–Crippen MR) is 131 cm³/mol. The Balaban J connectivity index is 1.29. The summed E-state index contributed by atoms with van der Waals surface area (Å²) >= 11 is 6.41. The van der Waals surface area contributed by atoms with Crippen LogP contribution in [0.4, 0.5) is 0 Å². The number of ether oxygens (including phenoxy) is 1. The van der Waals surface area contributed by atoms with Crippen molar-refractivity contribution in [3.05, 3.63) is 88.4 Å². The molecule has 0 aliphatic heterocycles. The summed E-state index contributed by atoms with van der Waals surface area (Å²) in [6, 6.07) is 23.5. The number of hydrogen-bond donors (Lipinski definition) is 1. The molecule has 4 aromatic rings. The standard InChI is InChI=1S/C23H18BrN3O2S2/c24-18-11-9-16(10-12-18)14-29-20-7-3-1-5-17(20)13-25-27-22(28)15-30-23-26-19-6-2-4-8-21(19)31-23/h1-13H,14-15H2,(H,27,28)/b25-13+. The number of nitrogens with one attached hydrogen (secondary N) is 1. The Morgan fingerprint density at radius 2 is 1.87 bits per heavy atom. The zero-order chi connectivity index (χ0) is 21.5. The molecule has 4 rings (SSSR count). The first-order chi connectivity index (χ1) is 15.2. The Bertz CT molecular complexity index is 1180. The molecular weight excluding hydrogens is 494 g/mol. The van der Waals surface area contributed by atoms with E-state index in [9.17, 15) is 4.79 Å². The maximum absolute atomic E-state index is 12.1. The van der Waals surface area contributed by atoms with Crippen molar-refractivity contribution in [2.45, 2.75) is 10.9 Å². The molecule has 1 amide bonds. The maximum atomic E-state index is 12.1. The van der Waals surface area contributed by atoms with Crippen LogP contribution in [-0.4, -0.2) is 22.9 Å². The number of carbonyl (C=O) groups is 1. The molecule has 8 heteroatoms. The van der Waals surface area contributed by atoms with Gasteiger partial charge in [0.1, 0.15) is 12.4 Å². The molecule has 0 bridgehead atoms. The van der Waals surface area contributed by atoms with E-state index in [4.69, 9.17) is 4.74 Å². The second kappa shape index (κ2) is 10.6. The lowest BCUT2D eigenvalue weighted by Gasteiger charge is -2.09. The summed E-state index contributed by atoms with van der Waals surface area (Å²) in [5.41, 5.74) is 5.38. The van der Waals surface area contributed by atoms with Gasteiger partial charge >= 0.3 is 0 Å². The van der Waals surface area contributed by atoms with E-state index in [-0.39, 0.29) is 11.7 Å². The van der Waals surface area contributed by atoms with E-state index >= 15 is 0 Å². The lowest BCUT2D eigenvalue weighted by molar-refractivity contribution is -0.118. The van der Waals surface area contributed by atoms with Gasteiger partial charge in [-0.3, -0.25) is 4.79 Å². The number of halogens is 1. The van der Waals surface area contributed by atoms with E-state index < -0.39 is 0 Å². The molecule has 0 atom stereocenters. The summed E-state index contributed by atoms with van der Waals surface area (Å²) in [5, 5.41) is 4.08. The Labute approximate surface area is 196 Å². The number of nitrogens with zero attached hydrogens (tertiary/aromatic N) is 2. The van der Waals surface area contributed by atoms with E-state index in [2.05, 4.69) is 31.4 Å². The summed E-state index contributed by atoms with van der Waals surface area (Å²) in [5.74, 6) is 0.764. The Kier molecular flexibility index (Phi) is 7.35. The average molecular weight is 512 g/mol. The summed E-state index contributed by atoms with van der Waals surface area (Å²) < 4.78 is 8.93. The van der Waals surface area contributed by atoms with Gasteiger partial charge in [0.2, 0.25) is 0 Å². The molecule has 5 nitrogen and oxygen atoms in total. The molecule has 1 heterocycles. The number of fused-ring (bicyclic) bond motifs is 1. The highest BCUT2D eigenvalue weighted by Gasteiger charge is 2.07. The van der Waals surface area contributed by atoms with Crippen LogP contribution in [0.25, 0.3) is 10.2 Å². The fourth-order valence-corrected chi connectivity index (χ4v) is 4.83. The van der Waals surface area contributed by atoms with Crippen LogP contribution in [0, 0.1) is 0 Å². The van der Waals surface area contributed by atoms with Crippen LogP contribution >= 0.6 is 39.0 Å². The van der Waals surface area contributed by atoms with Gasteiger partial charge in [0, 0.05) is 10.0 Å². The summed E-state index contributed by atoms with van der Waals surface area (Å²) in [6.07, 6.45) is 1.59. The molecule has 0 aliphatic carbocycles. The van der Waals surface area contributed by atoms with Gasteiger partial charge in [-0.2, -0.15) is 5.10 Å². The minimum absolute atomic E-state index is 0.186. The van der Waals surface area contributed by atoms with Gasteiger partial charge in [-0.1, -0.05) is 64.1 Å². The third-order valence-corrected chi connectivity index (χ3v) is 6.93. The number of hydrazone groups is 1. The molecule has 0 spiro atoms. The monoisotopic (exact) mass is 511 g/mol. The van der Waals surface area contributed by atoms with Crippen molar-refractivity contribution in [3.63, 3.8) is 0 Å². The second-order valence-electron chi connectivity index (χ2n) is 6.48. The minimum Gasteiger partial charge on any atom is -0.488 e. The van der Waals surface area contributed by atoms with Gasteiger partial charge in [0.05, 0.1) is 22.2 Å². The van der Waals surface area contributed by atoms with Gasteiger partial charge in [0.25, 0.3) is 5.91 Å². The molecule has 3 aromatic carbocycles. The van der Waals surface area contributed by atoms with Gasteiger partial charge < -0.3 is 4.74 Å². The molecule has 0 unspecified atom stereocenters. The fraction of sp³-hybridized carbons (Fsp3) is 0.0870. The van der Waals surface area contributed by atoms with Crippen LogP contribution in [-0.2, 0) is 11.4 Å². The van der Waals surface area contributed by atoms with Crippen LogP contribution in [0.5, 0.6) is 5.75 Å². The number of carbonyl (C=O) groups excluding carboxylic acids is 1. The highest BCUT2D eigenvalue weighted by Crippen LogP contribution is 2.29. The van der Waals surface area contributed by atoms with Crippen molar-refractivity contribution in [2.24, 2.45) is 5.10 Å². The highest BCUT2D eigenvalue weighted by molar-refractivity contribution is 9.10. The molecule has 0 saturated heterocycles. The Morgan fingerprint density at radius 1 is 1.10 bits per heavy atom. The number of thioether (sulfide) groups is 1. The van der Waals surface area contributed by atoms with Crippen LogP contribution in [0.15, 0.2) is 86.7 Å². The molecule has 1 N–H and O–H groups in total. The van der Waals surface area contributed by atoms with Crippen molar-refractivity contribution < 1.29 is 9.53 Å². The molecule has 0 saturated carbocycles. The number of benzene rings is 3. The van der Waals surface area contributed by atoms with Crippen molar-refractivity contribution >= 4 is 61.4 Å². The summed E-state index contributed by atoms with van der Waals surface area (Å²) in [7, 11) is 0. The molecule has 1 aromatic heterocycles. The highest BCUT2D eigenvalue weighted by atomic mass is 79.9. The van der Waals surface area contributed by atoms with Gasteiger partial charge in [-0.15, -0.1) is 11.3 Å². The quantitative estimate of drug-likeness (QED) is 0.182. The van der Waals surface area contributed by atoms with Crippen LogP contribution in [0.1, 0.15) is 11.1 Å². The van der Waals surface area contributed by atoms with Crippen LogP contribution < -0.4 is 10.2 Å². The molecule has 0 fully saturated rings. The SMILES string of the molecule is O=C(CSc1nc2ccccc2s1)N/N=C/c1ccccc1OCc1ccc(Br)cc1. The first-order valence-corrected chi connectivity index (χ1v) is 12.0. The summed E-state index contributed by atoms with van der Waals surface area (Å²) in [6.45, 7) is 0.448. The average Bonchev–Trinajstić information content (AvgIpc) is 3.21. The number of rotatable bonds is 8. The second-order valence-corrected chi connectivity index (χ2v) is 9.65. The van der Waals surface area contributed by atoms with Crippen LogP contribution in [0.2, 0.25) is 0 Å². The first-order valence-electron chi connectivity index (χ1n) is 9.44. The van der Waals surface area contributed by atoms with E-state index in [1.165, 1.54) is 11.8 Å². The zero-order valence-electron chi connectivity index (χ0n) is 16.3. The van der Waals surface area contributed by atoms with E-state index in [1.807, 2.05) is 72.8 Å². The van der Waals surface area contributed by atoms with Crippen molar-refractivity contribution in [1.82, 2.24) is 10.4 Å². The van der Waals surface area contributed by atoms with E-state index in [0.29, 0.717) is 12.4 Å². The Morgan fingerprint density at radius 3 is 2.71 bits per heavy atom. The van der Waals surface area contributed by atoms with Crippen molar-refractivity contribution in [3.8, 4) is 5.75 Å². The van der Waals surface area contributed by atoms with Crippen molar-refractivity contribution in [2.75, 3.05) is 5.75 Å². The third-order valence-electron chi connectivity index (χ3n) is 4.22. The van der Waals surface area contributed by atoms with Gasteiger partial charge in [-0.05, 0) is 42.0 Å². The summed E-state index contributed by atoms with van der Waals surface area (Å²) in [4.78, 5) is 16.7. The van der Waals surface area contributed by atoms with Crippen molar-refractivity contribution in [1.29, 1.82) is 0 Å². The number of hydrogen-bond acceptors (Lipinski definition) is 6. The fourth-order valence-electron chi connectivity index (χ4n) is 2.71. The Hall–Kier alpha value is -2.68. The molecule has 156 valence electrons. The molecular formula is C23H18BrN3O2S2. The first kappa shape index (κ1) is 21.5. The largest absolute Gasteiger partial charge is 0.488 e. The maximum Gasteiger partial charge on any atom is 0.250 e. The molecule has 31 heavy (non-hydrogen) atoms. The lowest BCUT2D eigenvalue weighted by Crippen LogP contribution is -2.19. The predicted octanol–water partition coefficient (Wildman–Crippen LogP) is 5.88. The minimum atomic E-state index is -0.186.